The van der Waals surface area contributed by atoms with Gasteiger partial charge in [-0.15, -0.1) is 0 Å². The van der Waals surface area contributed by atoms with Gasteiger partial charge in [0.15, 0.2) is 12.5 Å². The van der Waals surface area contributed by atoms with Gasteiger partial charge in [-0.2, -0.15) is 0 Å². The third-order valence-electron chi connectivity index (χ3n) is 3.61. The molecule has 0 heterocycles. The molecule has 0 saturated carbocycles. The SMILES string of the molecule is C=C(C)C(=O)OC(C)NC(=O)CC(C)(CC(=O)NC(C)OC(=O)C(=C)C)C(=O)O. The Hall–Kier alpha value is -3.17. The van der Waals surface area contributed by atoms with Crippen molar-refractivity contribution in [3.05, 3.63) is 24.3 Å². The zero-order valence-corrected chi connectivity index (χ0v) is 17.3. The fourth-order valence-electron chi connectivity index (χ4n) is 2.06. The molecule has 0 bridgehead atoms. The molecule has 0 radical (unpaired) electrons. The van der Waals surface area contributed by atoms with Crippen LogP contribution in [0.1, 0.15) is 47.5 Å². The van der Waals surface area contributed by atoms with Gasteiger partial charge in [-0.1, -0.05) is 13.2 Å². The molecule has 0 aliphatic carbocycles. The van der Waals surface area contributed by atoms with Gasteiger partial charge in [-0.3, -0.25) is 14.4 Å². The lowest BCUT2D eigenvalue weighted by molar-refractivity contribution is -0.155. The zero-order chi connectivity index (χ0) is 22.9. The molecule has 0 fully saturated rings. The lowest BCUT2D eigenvalue weighted by Crippen LogP contribution is -2.44. The second-order valence-electron chi connectivity index (χ2n) is 7.01. The van der Waals surface area contributed by atoms with Crippen molar-refractivity contribution in [2.75, 3.05) is 0 Å². The van der Waals surface area contributed by atoms with Crippen molar-refractivity contribution >= 4 is 29.7 Å². The van der Waals surface area contributed by atoms with Crippen molar-refractivity contribution in [3.8, 4) is 0 Å². The second-order valence-corrected chi connectivity index (χ2v) is 7.01. The Kier molecular flexibility index (Phi) is 9.78. The standard InChI is InChI=1S/C19H28N2O8/c1-10(2)16(24)28-12(5)20-14(22)8-19(7,18(26)27)9-15(23)21-13(6)29-17(25)11(3)4/h12-13H,1,3,8-9H2,2,4-7H3,(H,20,22)(H,21,23)(H,26,27). The molecule has 0 aromatic heterocycles. The third kappa shape index (κ3) is 9.54. The molecule has 10 heteroatoms. The Morgan fingerprint density at radius 2 is 1.17 bits per heavy atom. The van der Waals surface area contributed by atoms with Crippen molar-refractivity contribution in [1.29, 1.82) is 0 Å². The van der Waals surface area contributed by atoms with Gasteiger partial charge in [-0.05, 0) is 34.6 Å². The van der Waals surface area contributed by atoms with E-state index in [9.17, 15) is 29.1 Å². The van der Waals surface area contributed by atoms with E-state index < -0.39 is 60.4 Å². The maximum Gasteiger partial charge on any atom is 0.335 e. The van der Waals surface area contributed by atoms with Gasteiger partial charge in [-0.25, -0.2) is 9.59 Å². The molecule has 0 aliphatic heterocycles. The van der Waals surface area contributed by atoms with Crippen molar-refractivity contribution in [1.82, 2.24) is 10.6 Å². The van der Waals surface area contributed by atoms with E-state index in [2.05, 4.69) is 23.8 Å². The zero-order valence-electron chi connectivity index (χ0n) is 17.3. The number of amides is 2. The summed E-state index contributed by atoms with van der Waals surface area (Å²) in [6, 6.07) is 0. The van der Waals surface area contributed by atoms with Crippen LogP contribution in [0.2, 0.25) is 0 Å². The smallest absolute Gasteiger partial charge is 0.335 e. The molecule has 2 amide bonds. The highest BCUT2D eigenvalue weighted by Crippen LogP contribution is 2.26. The number of aliphatic carboxylic acids is 1. The molecule has 2 atom stereocenters. The molecule has 3 N–H and O–H groups in total. The van der Waals surface area contributed by atoms with Crippen molar-refractivity contribution in [3.63, 3.8) is 0 Å². The minimum absolute atomic E-state index is 0.139. The van der Waals surface area contributed by atoms with Crippen molar-refractivity contribution in [2.45, 2.75) is 59.9 Å². The topological polar surface area (TPSA) is 148 Å². The van der Waals surface area contributed by atoms with E-state index in [4.69, 9.17) is 9.47 Å². The molecule has 0 saturated heterocycles. The molecule has 0 rings (SSSR count). The minimum Gasteiger partial charge on any atom is -0.481 e. The van der Waals surface area contributed by atoms with Crippen LogP contribution in [0.4, 0.5) is 0 Å². The third-order valence-corrected chi connectivity index (χ3v) is 3.61. The van der Waals surface area contributed by atoms with Gasteiger partial charge in [0.1, 0.15) is 0 Å². The summed E-state index contributed by atoms with van der Waals surface area (Å²) in [6.45, 7) is 13.7. The van der Waals surface area contributed by atoms with Crippen LogP contribution < -0.4 is 10.6 Å². The highest BCUT2D eigenvalue weighted by atomic mass is 16.6. The van der Waals surface area contributed by atoms with E-state index in [1.807, 2.05) is 0 Å². The van der Waals surface area contributed by atoms with Gasteiger partial charge < -0.3 is 25.2 Å². The van der Waals surface area contributed by atoms with Crippen molar-refractivity contribution < 1.29 is 38.6 Å². The quantitative estimate of drug-likeness (QED) is 0.259. The molecule has 0 aromatic rings. The number of carbonyl (C=O) groups is 5. The van der Waals surface area contributed by atoms with Crippen LogP contribution in [0.3, 0.4) is 0 Å². The number of esters is 2. The van der Waals surface area contributed by atoms with E-state index in [1.54, 1.807) is 0 Å². The Morgan fingerprint density at radius 1 is 0.862 bits per heavy atom. The van der Waals surface area contributed by atoms with Crippen LogP contribution in [-0.4, -0.2) is 47.3 Å². The highest BCUT2D eigenvalue weighted by Gasteiger charge is 2.38. The number of carbonyl (C=O) groups excluding carboxylic acids is 4. The number of ether oxygens (including phenoxy) is 2. The summed E-state index contributed by atoms with van der Waals surface area (Å²) < 4.78 is 9.79. The summed E-state index contributed by atoms with van der Waals surface area (Å²) >= 11 is 0. The van der Waals surface area contributed by atoms with E-state index in [-0.39, 0.29) is 11.1 Å². The number of hydrogen-bond donors (Lipinski definition) is 3. The average molecular weight is 412 g/mol. The second kappa shape index (κ2) is 11.0. The summed E-state index contributed by atoms with van der Waals surface area (Å²) in [7, 11) is 0. The number of rotatable bonds is 11. The van der Waals surface area contributed by atoms with Crippen LogP contribution >= 0.6 is 0 Å². The first kappa shape index (κ1) is 25.8. The van der Waals surface area contributed by atoms with Crippen LogP contribution in [-0.2, 0) is 33.4 Å². The Balaban J connectivity index is 4.89. The molecule has 0 spiro atoms. The summed E-state index contributed by atoms with van der Waals surface area (Å²) in [6.07, 6.45) is -3.13. The normalized spacial score (nSPS) is 14.4. The number of nitrogens with one attached hydrogen (secondary N) is 2. The Morgan fingerprint density at radius 3 is 1.41 bits per heavy atom. The predicted molar refractivity (Wildman–Crippen MR) is 102 cm³/mol. The molecule has 0 aliphatic rings. The monoisotopic (exact) mass is 412 g/mol. The summed E-state index contributed by atoms with van der Waals surface area (Å²) in [5.41, 5.74) is -1.47. The first-order valence-electron chi connectivity index (χ1n) is 8.73. The van der Waals surface area contributed by atoms with Crippen LogP contribution in [0.15, 0.2) is 24.3 Å². The summed E-state index contributed by atoms with van der Waals surface area (Å²) in [5, 5.41) is 14.1. The first-order valence-corrected chi connectivity index (χ1v) is 8.73. The van der Waals surface area contributed by atoms with Gasteiger partial charge in [0.2, 0.25) is 11.8 Å². The fraction of sp³-hybridized carbons (Fsp3) is 0.526. The van der Waals surface area contributed by atoms with Crippen LogP contribution in [0.25, 0.3) is 0 Å². The fourth-order valence-corrected chi connectivity index (χ4v) is 2.06. The van der Waals surface area contributed by atoms with Gasteiger partial charge in [0.25, 0.3) is 0 Å². The Bertz CT molecular complexity index is 663. The molecular formula is C19H28N2O8. The maximum atomic E-state index is 12.2. The molecule has 29 heavy (non-hydrogen) atoms. The number of hydrogen-bond acceptors (Lipinski definition) is 7. The molecular weight excluding hydrogens is 384 g/mol. The molecule has 162 valence electrons. The Labute approximate surface area is 169 Å². The van der Waals surface area contributed by atoms with Crippen LogP contribution in [0.5, 0.6) is 0 Å². The average Bonchev–Trinajstić information content (AvgIpc) is 2.52. The lowest BCUT2D eigenvalue weighted by Gasteiger charge is -2.25. The number of carboxylic acid groups (broad SMARTS) is 1. The van der Waals surface area contributed by atoms with Gasteiger partial charge >= 0.3 is 17.9 Å². The van der Waals surface area contributed by atoms with Crippen molar-refractivity contribution in [2.24, 2.45) is 5.41 Å². The molecule has 0 aromatic carbocycles. The summed E-state index contributed by atoms with van der Waals surface area (Å²) in [4.78, 5) is 58.8. The van der Waals surface area contributed by atoms with Gasteiger partial charge in [0, 0.05) is 24.0 Å². The number of carboxylic acids is 1. The highest BCUT2D eigenvalue weighted by molar-refractivity contribution is 5.90. The largest absolute Gasteiger partial charge is 0.481 e. The van der Waals surface area contributed by atoms with E-state index in [0.717, 1.165) is 0 Å². The molecule has 10 nitrogen and oxygen atoms in total. The van der Waals surface area contributed by atoms with E-state index in [1.165, 1.54) is 34.6 Å². The van der Waals surface area contributed by atoms with E-state index >= 15 is 0 Å². The lowest BCUT2D eigenvalue weighted by atomic mass is 9.82. The van der Waals surface area contributed by atoms with Crippen LogP contribution in [0, 0.1) is 5.41 Å². The first-order chi connectivity index (χ1) is 13.2. The molecule has 2 unspecified atom stereocenters. The maximum absolute atomic E-state index is 12.2. The summed E-state index contributed by atoms with van der Waals surface area (Å²) in [5.74, 6) is -4.26. The van der Waals surface area contributed by atoms with E-state index in [0.29, 0.717) is 0 Å². The minimum atomic E-state index is -1.75. The van der Waals surface area contributed by atoms with Gasteiger partial charge in [0.05, 0.1) is 5.41 Å². The predicted octanol–water partition coefficient (Wildman–Crippen LogP) is 1.02.